The number of nitrogens with one attached hydrogen (secondary N) is 2. The van der Waals surface area contributed by atoms with Gasteiger partial charge in [-0.25, -0.2) is 9.37 Å². The average Bonchev–Trinajstić information content (AvgIpc) is 3.32. The van der Waals surface area contributed by atoms with E-state index in [-0.39, 0.29) is 35.8 Å². The third kappa shape index (κ3) is 6.72. The molecule has 34 heavy (non-hydrogen) atoms. The topological polar surface area (TPSA) is 71.0 Å². The first kappa shape index (κ1) is 25.5. The van der Waals surface area contributed by atoms with Gasteiger partial charge in [0.2, 0.25) is 5.88 Å². The molecule has 0 radical (unpaired) electrons. The van der Waals surface area contributed by atoms with Crippen molar-refractivity contribution in [3.8, 4) is 17.4 Å². The third-order valence-electron chi connectivity index (χ3n) is 5.47. The minimum Gasteiger partial charge on any atom is -0.495 e. The molecule has 2 aromatic carbocycles. The van der Waals surface area contributed by atoms with Gasteiger partial charge in [0.25, 0.3) is 0 Å². The fraction of sp³-hybridized carbons (Fsp3) is 0.280. The first-order valence-electron chi connectivity index (χ1n) is 10.9. The van der Waals surface area contributed by atoms with E-state index in [0.717, 1.165) is 42.5 Å². The zero-order valence-electron chi connectivity index (χ0n) is 19.2. The lowest BCUT2D eigenvalue weighted by Gasteiger charge is -2.22. The molecule has 9 heteroatoms. The summed E-state index contributed by atoms with van der Waals surface area (Å²) in [6.07, 6.45) is 2.76. The van der Waals surface area contributed by atoms with Gasteiger partial charge in [0, 0.05) is 45.0 Å². The third-order valence-corrected chi connectivity index (χ3v) is 5.47. The molecule has 0 spiro atoms. The monoisotopic (exact) mass is 577 g/mol. The van der Waals surface area contributed by atoms with Crippen LogP contribution in [0.25, 0.3) is 0 Å². The first-order valence-corrected chi connectivity index (χ1v) is 10.9. The molecule has 1 atom stereocenters. The van der Waals surface area contributed by atoms with Crippen molar-refractivity contribution in [2.24, 2.45) is 4.99 Å². The van der Waals surface area contributed by atoms with Crippen molar-refractivity contribution in [1.82, 2.24) is 15.6 Å². The maximum Gasteiger partial charge on any atom is 0.219 e. The van der Waals surface area contributed by atoms with E-state index in [4.69, 9.17) is 9.47 Å². The molecule has 2 heterocycles. The highest BCUT2D eigenvalue weighted by atomic mass is 127. The number of rotatable bonds is 7. The van der Waals surface area contributed by atoms with Gasteiger partial charge in [0.15, 0.2) is 5.96 Å². The Bertz CT molecular complexity index is 1080. The number of hydrogen-bond donors (Lipinski definition) is 2. The number of methoxy groups -OCH3 is 1. The van der Waals surface area contributed by atoms with Gasteiger partial charge in [-0.15, -0.1) is 24.0 Å². The molecule has 2 N–H and O–H groups in total. The molecule has 4 rings (SSSR count). The number of benzene rings is 2. The van der Waals surface area contributed by atoms with Crippen LogP contribution in [0.1, 0.15) is 12.0 Å². The number of aromatic nitrogens is 1. The number of ether oxygens (including phenoxy) is 2. The predicted octanol–water partition coefficient (Wildman–Crippen LogP) is 4.58. The van der Waals surface area contributed by atoms with Crippen LogP contribution >= 0.6 is 24.0 Å². The fourth-order valence-corrected chi connectivity index (χ4v) is 3.76. The van der Waals surface area contributed by atoms with Gasteiger partial charge in [0.1, 0.15) is 17.3 Å². The quantitative estimate of drug-likeness (QED) is 0.244. The first-order chi connectivity index (χ1) is 16.1. The summed E-state index contributed by atoms with van der Waals surface area (Å²) < 4.78 is 24.2. The standard InChI is InChI=1S/C25H28FN5O2.HI/c1-27-25(30-20-13-14-31(17-20)22-5-3-4-6-23(22)32-2)29-16-18-7-12-24(28-15-18)33-21-10-8-19(26)9-11-21;/h3-12,15,20H,13-14,16-17H2,1-2H3,(H2,27,29,30);1H. The van der Waals surface area contributed by atoms with E-state index < -0.39 is 0 Å². The highest BCUT2D eigenvalue weighted by molar-refractivity contribution is 14.0. The van der Waals surface area contributed by atoms with Crippen molar-refractivity contribution in [2.75, 3.05) is 32.1 Å². The van der Waals surface area contributed by atoms with Gasteiger partial charge in [0.05, 0.1) is 12.8 Å². The molecule has 180 valence electrons. The van der Waals surface area contributed by atoms with E-state index in [2.05, 4.69) is 31.6 Å². The Kier molecular flexibility index (Phi) is 9.32. The summed E-state index contributed by atoms with van der Waals surface area (Å²) >= 11 is 0. The number of para-hydroxylation sites is 2. The molecule has 0 amide bonds. The van der Waals surface area contributed by atoms with Crippen LogP contribution in [0.5, 0.6) is 17.4 Å². The molecule has 1 fully saturated rings. The number of anilines is 1. The van der Waals surface area contributed by atoms with Crippen LogP contribution in [-0.4, -0.2) is 44.2 Å². The molecule has 0 bridgehead atoms. The van der Waals surface area contributed by atoms with Crippen LogP contribution < -0.4 is 25.0 Å². The van der Waals surface area contributed by atoms with Gasteiger partial charge >= 0.3 is 0 Å². The lowest BCUT2D eigenvalue weighted by atomic mass is 10.2. The van der Waals surface area contributed by atoms with E-state index in [1.165, 1.54) is 12.1 Å². The Morgan fingerprint density at radius 2 is 1.94 bits per heavy atom. The lowest BCUT2D eigenvalue weighted by Crippen LogP contribution is -2.44. The van der Waals surface area contributed by atoms with Crippen LogP contribution in [0.15, 0.2) is 71.9 Å². The molecule has 1 aliphatic heterocycles. The molecular formula is C25H29FIN5O2. The Morgan fingerprint density at radius 3 is 2.65 bits per heavy atom. The highest BCUT2D eigenvalue weighted by Gasteiger charge is 2.25. The van der Waals surface area contributed by atoms with Crippen molar-refractivity contribution < 1.29 is 13.9 Å². The SMILES string of the molecule is CN=C(NCc1ccc(Oc2ccc(F)cc2)nc1)NC1CCN(c2ccccc2OC)C1.I. The molecule has 1 saturated heterocycles. The summed E-state index contributed by atoms with van der Waals surface area (Å²) in [4.78, 5) is 11.0. The smallest absolute Gasteiger partial charge is 0.219 e. The summed E-state index contributed by atoms with van der Waals surface area (Å²) in [6, 6.07) is 17.9. The molecule has 1 aromatic heterocycles. The number of guanidine groups is 1. The molecule has 3 aromatic rings. The molecule has 1 unspecified atom stereocenters. The maximum absolute atomic E-state index is 13.0. The Balaban J connectivity index is 0.00000324. The largest absolute Gasteiger partial charge is 0.495 e. The number of hydrogen-bond acceptors (Lipinski definition) is 5. The Labute approximate surface area is 216 Å². The predicted molar refractivity (Wildman–Crippen MR) is 143 cm³/mol. The summed E-state index contributed by atoms with van der Waals surface area (Å²) in [5, 5.41) is 6.84. The Hall–Kier alpha value is -3.08. The second kappa shape index (κ2) is 12.4. The molecular weight excluding hydrogens is 548 g/mol. The summed E-state index contributed by atoms with van der Waals surface area (Å²) in [6.45, 7) is 2.40. The lowest BCUT2D eigenvalue weighted by molar-refractivity contribution is 0.415. The minimum atomic E-state index is -0.302. The van der Waals surface area contributed by atoms with Crippen molar-refractivity contribution in [2.45, 2.75) is 19.0 Å². The van der Waals surface area contributed by atoms with Crippen LogP contribution in [0.2, 0.25) is 0 Å². The van der Waals surface area contributed by atoms with Crippen molar-refractivity contribution in [1.29, 1.82) is 0 Å². The summed E-state index contributed by atoms with van der Waals surface area (Å²) in [7, 11) is 3.47. The summed E-state index contributed by atoms with van der Waals surface area (Å²) in [5.74, 6) is 2.32. The van der Waals surface area contributed by atoms with Gasteiger partial charge < -0.3 is 25.0 Å². The maximum atomic E-state index is 13.0. The number of pyridine rings is 1. The van der Waals surface area contributed by atoms with E-state index in [1.54, 1.807) is 38.6 Å². The second-order valence-corrected chi connectivity index (χ2v) is 7.73. The molecule has 1 aliphatic rings. The Morgan fingerprint density at radius 1 is 1.15 bits per heavy atom. The minimum absolute atomic E-state index is 0. The molecule has 0 aliphatic carbocycles. The van der Waals surface area contributed by atoms with Crippen molar-refractivity contribution in [3.05, 3.63) is 78.2 Å². The van der Waals surface area contributed by atoms with Gasteiger partial charge in [-0.1, -0.05) is 18.2 Å². The van der Waals surface area contributed by atoms with Crippen molar-refractivity contribution in [3.63, 3.8) is 0 Å². The number of aliphatic imine (C=N–C) groups is 1. The summed E-state index contributed by atoms with van der Waals surface area (Å²) in [5.41, 5.74) is 2.10. The van der Waals surface area contributed by atoms with Gasteiger partial charge in [-0.3, -0.25) is 4.99 Å². The zero-order chi connectivity index (χ0) is 23.0. The highest BCUT2D eigenvalue weighted by Crippen LogP contribution is 2.30. The van der Waals surface area contributed by atoms with E-state index in [1.807, 2.05) is 24.3 Å². The normalized spacial score (nSPS) is 15.4. The zero-order valence-corrected chi connectivity index (χ0v) is 21.5. The van der Waals surface area contributed by atoms with Crippen LogP contribution in [-0.2, 0) is 6.54 Å². The fourth-order valence-electron chi connectivity index (χ4n) is 3.76. The van der Waals surface area contributed by atoms with E-state index in [9.17, 15) is 4.39 Å². The van der Waals surface area contributed by atoms with Crippen LogP contribution in [0.3, 0.4) is 0 Å². The van der Waals surface area contributed by atoms with Crippen molar-refractivity contribution >= 4 is 35.6 Å². The van der Waals surface area contributed by atoms with Crippen LogP contribution in [0.4, 0.5) is 10.1 Å². The molecule has 7 nitrogen and oxygen atoms in total. The van der Waals surface area contributed by atoms with Gasteiger partial charge in [-0.05, 0) is 48.4 Å². The van der Waals surface area contributed by atoms with E-state index in [0.29, 0.717) is 18.2 Å². The van der Waals surface area contributed by atoms with Gasteiger partial charge in [-0.2, -0.15) is 0 Å². The average molecular weight is 577 g/mol. The molecule has 0 saturated carbocycles. The second-order valence-electron chi connectivity index (χ2n) is 7.73. The van der Waals surface area contributed by atoms with Crippen LogP contribution in [0, 0.1) is 5.82 Å². The number of halogens is 2. The number of nitrogens with zero attached hydrogens (tertiary/aromatic N) is 3. The van der Waals surface area contributed by atoms with E-state index >= 15 is 0 Å².